The van der Waals surface area contributed by atoms with Gasteiger partial charge < -0.3 is 9.97 Å². The maximum Gasteiger partial charge on any atom is 0.197 e. The molecule has 0 fully saturated rings. The van der Waals surface area contributed by atoms with Crippen LogP contribution in [-0.2, 0) is 0 Å². The van der Waals surface area contributed by atoms with E-state index in [0.29, 0.717) is 48.1 Å². The van der Waals surface area contributed by atoms with E-state index in [0.717, 1.165) is 5.52 Å². The van der Waals surface area contributed by atoms with Gasteiger partial charge in [0.15, 0.2) is 10.9 Å². The Labute approximate surface area is 156 Å². The molecule has 6 heteroatoms. The van der Waals surface area contributed by atoms with Gasteiger partial charge in [-0.05, 0) is 36.4 Å². The van der Waals surface area contributed by atoms with Crippen molar-refractivity contribution in [3.63, 3.8) is 0 Å². The minimum absolute atomic E-state index is 0.0775. The fourth-order valence-electron chi connectivity index (χ4n) is 3.39. The van der Waals surface area contributed by atoms with Crippen LogP contribution in [0, 0.1) is 0 Å². The number of H-pyrrole nitrogens is 2. The van der Waals surface area contributed by atoms with Gasteiger partial charge in [0, 0.05) is 27.1 Å². The molecular formula is C20H10Cl2N2O2. The maximum atomic E-state index is 12.9. The number of benzene rings is 3. The fourth-order valence-corrected chi connectivity index (χ4v) is 3.72. The van der Waals surface area contributed by atoms with Crippen molar-refractivity contribution in [1.29, 1.82) is 0 Å². The number of para-hydroxylation sites is 1. The van der Waals surface area contributed by atoms with E-state index in [1.165, 1.54) is 0 Å². The summed E-state index contributed by atoms with van der Waals surface area (Å²) >= 11 is 12.1. The van der Waals surface area contributed by atoms with Gasteiger partial charge in [-0.15, -0.1) is 0 Å². The summed E-state index contributed by atoms with van der Waals surface area (Å²) in [5.74, 6) is 0. The topological polar surface area (TPSA) is 65.7 Å². The van der Waals surface area contributed by atoms with Gasteiger partial charge in [0.05, 0.1) is 26.6 Å². The molecule has 2 heterocycles. The highest BCUT2D eigenvalue weighted by Gasteiger charge is 2.12. The largest absolute Gasteiger partial charge is 0.354 e. The molecule has 0 bridgehead atoms. The van der Waals surface area contributed by atoms with Crippen LogP contribution in [0.25, 0.3) is 43.6 Å². The van der Waals surface area contributed by atoms with Crippen LogP contribution in [0.2, 0.25) is 10.0 Å². The molecule has 4 nitrogen and oxygen atoms in total. The van der Waals surface area contributed by atoms with Crippen LogP contribution in [0.4, 0.5) is 0 Å². The Morgan fingerprint density at radius 3 is 1.81 bits per heavy atom. The zero-order valence-corrected chi connectivity index (χ0v) is 14.7. The van der Waals surface area contributed by atoms with Crippen LogP contribution < -0.4 is 10.9 Å². The summed E-state index contributed by atoms with van der Waals surface area (Å²) in [5.41, 5.74) is 2.26. The van der Waals surface area contributed by atoms with Gasteiger partial charge in [-0.3, -0.25) is 9.59 Å². The van der Waals surface area contributed by atoms with Crippen molar-refractivity contribution in [2.45, 2.75) is 0 Å². The molecule has 0 aliphatic rings. The van der Waals surface area contributed by atoms with Crippen molar-refractivity contribution in [1.82, 2.24) is 9.97 Å². The maximum absolute atomic E-state index is 12.9. The SMILES string of the molecule is O=c1c2ccccc2[nH]c2cc3c(=O)c4cc(Cl)c(Cl)cc4[nH]c3cc12. The van der Waals surface area contributed by atoms with Crippen molar-refractivity contribution in [3.05, 3.63) is 79.0 Å². The molecule has 126 valence electrons. The van der Waals surface area contributed by atoms with E-state index in [9.17, 15) is 9.59 Å². The van der Waals surface area contributed by atoms with Gasteiger partial charge in [0.2, 0.25) is 0 Å². The lowest BCUT2D eigenvalue weighted by atomic mass is 10.1. The molecule has 0 spiro atoms. The second-order valence-corrected chi connectivity index (χ2v) is 7.02. The zero-order valence-electron chi connectivity index (χ0n) is 13.2. The highest BCUT2D eigenvalue weighted by molar-refractivity contribution is 6.42. The Kier molecular flexibility index (Phi) is 3.17. The van der Waals surface area contributed by atoms with E-state index >= 15 is 0 Å². The summed E-state index contributed by atoms with van der Waals surface area (Å²) in [6.07, 6.45) is 0. The van der Waals surface area contributed by atoms with E-state index in [2.05, 4.69) is 9.97 Å². The molecule has 0 radical (unpaired) electrons. The molecule has 3 aromatic carbocycles. The molecule has 0 saturated carbocycles. The fraction of sp³-hybridized carbons (Fsp3) is 0. The van der Waals surface area contributed by atoms with Crippen molar-refractivity contribution in [3.8, 4) is 0 Å². The highest BCUT2D eigenvalue weighted by Crippen LogP contribution is 2.27. The molecule has 0 saturated heterocycles. The van der Waals surface area contributed by atoms with Gasteiger partial charge in [-0.2, -0.15) is 0 Å². The number of fused-ring (bicyclic) bond motifs is 4. The average Bonchev–Trinajstić information content (AvgIpc) is 2.63. The van der Waals surface area contributed by atoms with Crippen LogP contribution in [0.15, 0.2) is 58.1 Å². The second-order valence-electron chi connectivity index (χ2n) is 6.21. The first-order valence-corrected chi connectivity index (χ1v) is 8.68. The van der Waals surface area contributed by atoms with Gasteiger partial charge in [0.25, 0.3) is 0 Å². The molecule has 2 aromatic heterocycles. The molecule has 0 aliphatic carbocycles. The Morgan fingerprint density at radius 2 is 1.08 bits per heavy atom. The third kappa shape index (κ3) is 2.09. The molecule has 0 amide bonds. The summed E-state index contributed by atoms with van der Waals surface area (Å²) in [5, 5.41) is 2.75. The van der Waals surface area contributed by atoms with E-state index in [4.69, 9.17) is 23.2 Å². The van der Waals surface area contributed by atoms with Crippen molar-refractivity contribution in [2.75, 3.05) is 0 Å². The number of nitrogens with one attached hydrogen (secondary N) is 2. The number of halogens is 2. The molecular weight excluding hydrogens is 371 g/mol. The minimum Gasteiger partial charge on any atom is -0.354 e. The van der Waals surface area contributed by atoms with Crippen LogP contribution in [0.3, 0.4) is 0 Å². The second kappa shape index (κ2) is 5.34. The van der Waals surface area contributed by atoms with Crippen LogP contribution in [0.5, 0.6) is 0 Å². The number of hydrogen-bond acceptors (Lipinski definition) is 2. The third-order valence-electron chi connectivity index (χ3n) is 4.66. The number of aromatic nitrogens is 2. The smallest absolute Gasteiger partial charge is 0.197 e. The molecule has 26 heavy (non-hydrogen) atoms. The predicted octanol–water partition coefficient (Wildman–Crippen LogP) is 4.98. The first-order valence-electron chi connectivity index (χ1n) is 7.92. The van der Waals surface area contributed by atoms with Crippen LogP contribution in [0.1, 0.15) is 0 Å². The number of aromatic amines is 2. The van der Waals surface area contributed by atoms with E-state index in [-0.39, 0.29) is 10.9 Å². The monoisotopic (exact) mass is 380 g/mol. The summed E-state index contributed by atoms with van der Waals surface area (Å²) in [4.78, 5) is 32.2. The highest BCUT2D eigenvalue weighted by atomic mass is 35.5. The van der Waals surface area contributed by atoms with Crippen molar-refractivity contribution in [2.24, 2.45) is 0 Å². The number of hydrogen-bond donors (Lipinski definition) is 2. The standard InChI is InChI=1S/C20H10Cl2N2O2/c21-13-5-10-18(8-14(13)22)24-17-6-11-16(7-12(17)20(10)26)23-15-4-2-1-3-9(15)19(11)25/h1-8H,(H,23,25)(H,24,26). The summed E-state index contributed by atoms with van der Waals surface area (Å²) in [7, 11) is 0. The van der Waals surface area contributed by atoms with Gasteiger partial charge in [0.1, 0.15) is 0 Å². The zero-order chi connectivity index (χ0) is 18.0. The lowest BCUT2D eigenvalue weighted by molar-refractivity contribution is 1.46. The molecule has 0 atom stereocenters. The van der Waals surface area contributed by atoms with Crippen molar-refractivity contribution < 1.29 is 0 Å². The predicted molar refractivity (Wildman–Crippen MR) is 108 cm³/mol. The van der Waals surface area contributed by atoms with Gasteiger partial charge in [-0.25, -0.2) is 0 Å². The Bertz CT molecular complexity index is 1500. The first-order chi connectivity index (χ1) is 12.5. The number of rotatable bonds is 0. The lowest BCUT2D eigenvalue weighted by Gasteiger charge is -2.07. The summed E-state index contributed by atoms with van der Waals surface area (Å²) in [6.45, 7) is 0. The number of pyridine rings is 2. The first kappa shape index (κ1) is 15.4. The van der Waals surface area contributed by atoms with E-state index < -0.39 is 0 Å². The average molecular weight is 381 g/mol. The summed E-state index contributed by atoms with van der Waals surface area (Å²) < 4.78 is 0. The Morgan fingerprint density at radius 1 is 0.577 bits per heavy atom. The lowest BCUT2D eigenvalue weighted by Crippen LogP contribution is -2.08. The Hall–Kier alpha value is -2.82. The Balaban J connectivity index is 2.01. The van der Waals surface area contributed by atoms with Crippen molar-refractivity contribution >= 4 is 66.8 Å². The molecule has 5 aromatic rings. The quantitative estimate of drug-likeness (QED) is 0.372. The third-order valence-corrected chi connectivity index (χ3v) is 5.38. The van der Waals surface area contributed by atoms with Crippen LogP contribution in [-0.4, -0.2) is 9.97 Å². The van der Waals surface area contributed by atoms with Gasteiger partial charge >= 0.3 is 0 Å². The molecule has 5 rings (SSSR count). The molecule has 2 N–H and O–H groups in total. The van der Waals surface area contributed by atoms with E-state index in [1.807, 2.05) is 18.2 Å². The molecule has 0 unspecified atom stereocenters. The van der Waals surface area contributed by atoms with Gasteiger partial charge in [-0.1, -0.05) is 35.3 Å². The minimum atomic E-state index is -0.164. The normalized spacial score (nSPS) is 11.8. The van der Waals surface area contributed by atoms with Crippen LogP contribution >= 0.6 is 23.2 Å². The van der Waals surface area contributed by atoms with E-state index in [1.54, 1.807) is 30.3 Å². The molecule has 0 aliphatic heterocycles. The summed E-state index contributed by atoms with van der Waals surface area (Å²) in [6, 6.07) is 13.9.